The van der Waals surface area contributed by atoms with E-state index in [0.29, 0.717) is 5.56 Å². The molecule has 174 valence electrons. The zero-order chi connectivity index (χ0) is 25.3. The van der Waals surface area contributed by atoms with E-state index in [2.05, 4.69) is 0 Å². The van der Waals surface area contributed by atoms with Crippen LogP contribution in [0, 0.1) is 11.3 Å². The number of hydrogen-bond acceptors (Lipinski definition) is 6. The Kier molecular flexibility index (Phi) is 6.61. The molecule has 0 radical (unpaired) electrons. The maximum Gasteiger partial charge on any atom is 0.337 e. The van der Waals surface area contributed by atoms with Gasteiger partial charge in [-0.15, -0.1) is 0 Å². The van der Waals surface area contributed by atoms with E-state index in [1.165, 1.54) is 48.4 Å². The molecule has 1 heterocycles. The molecule has 3 aromatic rings. The number of carbonyl (C=O) groups is 3. The molecule has 1 aliphatic heterocycles. The first kappa shape index (κ1) is 24.0. The molecule has 1 unspecified atom stereocenters. The van der Waals surface area contributed by atoms with E-state index >= 15 is 0 Å². The predicted octanol–water partition coefficient (Wildman–Crippen LogP) is 5.28. The number of Topliss-reactive ketones (excluding diaryl/α,β-unsaturated/α-hetero) is 1. The molecule has 1 N–H and O–H groups in total. The molecule has 0 saturated carbocycles. The Morgan fingerprint density at radius 3 is 2.31 bits per heavy atom. The second-order valence-electron chi connectivity index (χ2n) is 7.54. The topological polar surface area (TPSA) is 108 Å². The molecule has 0 aromatic heterocycles. The van der Waals surface area contributed by atoms with Crippen molar-refractivity contribution in [3.8, 4) is 6.07 Å². The van der Waals surface area contributed by atoms with Crippen LogP contribution in [-0.2, 0) is 14.3 Å². The molecule has 35 heavy (non-hydrogen) atoms. The number of carbonyl (C=O) groups excluding carboxylic acids is 3. The molecule has 0 aliphatic carbocycles. The first-order valence-corrected chi connectivity index (χ1v) is 11.0. The van der Waals surface area contributed by atoms with Gasteiger partial charge in [-0.25, -0.2) is 4.79 Å². The number of nitrogens with zero attached hydrogens (tertiary/aromatic N) is 2. The predicted molar refractivity (Wildman–Crippen MR) is 130 cm³/mol. The van der Waals surface area contributed by atoms with Crippen LogP contribution in [0.15, 0.2) is 72.3 Å². The minimum atomic E-state index is -1.07. The van der Waals surface area contributed by atoms with Crippen LogP contribution < -0.4 is 4.90 Å². The van der Waals surface area contributed by atoms with Gasteiger partial charge in [0.25, 0.3) is 11.7 Å². The fourth-order valence-corrected chi connectivity index (χ4v) is 4.32. The summed E-state index contributed by atoms with van der Waals surface area (Å²) in [4.78, 5) is 39.5. The smallest absolute Gasteiger partial charge is 0.337 e. The molecular formula is C26H16Cl2N2O5. The zero-order valence-electron chi connectivity index (χ0n) is 18.2. The normalized spacial score (nSPS) is 16.7. The zero-order valence-corrected chi connectivity index (χ0v) is 19.7. The van der Waals surface area contributed by atoms with Gasteiger partial charge in [0.2, 0.25) is 0 Å². The van der Waals surface area contributed by atoms with E-state index < -0.39 is 29.5 Å². The van der Waals surface area contributed by atoms with Gasteiger partial charge in [0.05, 0.1) is 39.9 Å². The molecule has 0 spiro atoms. The van der Waals surface area contributed by atoms with E-state index in [4.69, 9.17) is 27.9 Å². The number of nitriles is 1. The number of rotatable bonds is 4. The van der Waals surface area contributed by atoms with E-state index in [0.717, 1.165) is 0 Å². The summed E-state index contributed by atoms with van der Waals surface area (Å²) in [7, 11) is 1.25. The Bertz CT molecular complexity index is 1440. The number of methoxy groups -OCH3 is 1. The monoisotopic (exact) mass is 506 g/mol. The van der Waals surface area contributed by atoms with Crippen LogP contribution in [0.4, 0.5) is 5.69 Å². The van der Waals surface area contributed by atoms with E-state index in [1.807, 2.05) is 6.07 Å². The van der Waals surface area contributed by atoms with Gasteiger partial charge in [-0.2, -0.15) is 5.26 Å². The number of aliphatic hydroxyl groups is 1. The van der Waals surface area contributed by atoms with E-state index in [1.54, 1.807) is 30.3 Å². The second kappa shape index (κ2) is 9.63. The highest BCUT2D eigenvalue weighted by atomic mass is 35.5. The van der Waals surface area contributed by atoms with Crippen molar-refractivity contribution in [3.63, 3.8) is 0 Å². The SMILES string of the molecule is COC(=O)c1ccc(C2/C(=C(\O)c3ccccc3Cl)C(=O)C(=O)N2c2ccc(C#N)c(Cl)c2)cc1. The van der Waals surface area contributed by atoms with E-state index in [-0.39, 0.29) is 38.0 Å². The summed E-state index contributed by atoms with van der Waals surface area (Å²) in [5.74, 6) is -2.83. The highest BCUT2D eigenvalue weighted by molar-refractivity contribution is 6.52. The highest BCUT2D eigenvalue weighted by Gasteiger charge is 2.47. The van der Waals surface area contributed by atoms with Gasteiger partial charge < -0.3 is 9.84 Å². The number of amides is 1. The van der Waals surface area contributed by atoms with Crippen LogP contribution in [0.3, 0.4) is 0 Å². The third-order valence-electron chi connectivity index (χ3n) is 5.57. The average Bonchev–Trinajstić information content (AvgIpc) is 3.13. The fraction of sp³-hybridized carbons (Fsp3) is 0.0769. The summed E-state index contributed by atoms with van der Waals surface area (Å²) in [6, 6.07) is 17.7. The minimum absolute atomic E-state index is 0.0952. The van der Waals surface area contributed by atoms with Crippen molar-refractivity contribution < 1.29 is 24.2 Å². The van der Waals surface area contributed by atoms with Gasteiger partial charge in [-0.3, -0.25) is 14.5 Å². The Labute approximate surface area is 210 Å². The summed E-state index contributed by atoms with van der Waals surface area (Å²) < 4.78 is 4.73. The molecule has 1 amide bonds. The Morgan fingerprint density at radius 1 is 1.03 bits per heavy atom. The van der Waals surface area contributed by atoms with Crippen LogP contribution in [0.2, 0.25) is 10.0 Å². The molecule has 4 rings (SSSR count). The van der Waals surface area contributed by atoms with E-state index in [9.17, 15) is 24.8 Å². The Balaban J connectivity index is 1.95. The number of hydrogen-bond donors (Lipinski definition) is 1. The summed E-state index contributed by atoms with van der Waals surface area (Å²) in [5.41, 5.74) is 1.14. The molecule has 1 fully saturated rings. The molecule has 9 heteroatoms. The lowest BCUT2D eigenvalue weighted by Crippen LogP contribution is -2.29. The summed E-state index contributed by atoms with van der Waals surface area (Å²) in [6.45, 7) is 0. The van der Waals surface area contributed by atoms with Crippen LogP contribution in [0.25, 0.3) is 5.76 Å². The third-order valence-corrected chi connectivity index (χ3v) is 6.21. The lowest BCUT2D eigenvalue weighted by Gasteiger charge is -2.26. The van der Waals surface area contributed by atoms with Gasteiger partial charge >= 0.3 is 5.97 Å². The number of esters is 1. The molecule has 1 aliphatic rings. The van der Waals surface area contributed by atoms with Crippen molar-refractivity contribution in [2.75, 3.05) is 12.0 Å². The number of ketones is 1. The largest absolute Gasteiger partial charge is 0.507 e. The quantitative estimate of drug-likeness (QED) is 0.223. The molecule has 1 saturated heterocycles. The van der Waals surface area contributed by atoms with Crippen molar-refractivity contribution in [2.24, 2.45) is 0 Å². The first-order chi connectivity index (χ1) is 16.8. The van der Waals surface area contributed by atoms with Gasteiger partial charge in [-0.1, -0.05) is 47.5 Å². The van der Waals surface area contributed by atoms with Crippen LogP contribution in [-0.4, -0.2) is 29.9 Å². The van der Waals surface area contributed by atoms with Gasteiger partial charge in [0, 0.05) is 11.3 Å². The highest BCUT2D eigenvalue weighted by Crippen LogP contribution is 2.43. The van der Waals surface area contributed by atoms with Gasteiger partial charge in [-0.05, 0) is 48.0 Å². The maximum atomic E-state index is 13.2. The van der Waals surface area contributed by atoms with Crippen molar-refractivity contribution in [1.29, 1.82) is 5.26 Å². The van der Waals surface area contributed by atoms with Crippen LogP contribution >= 0.6 is 23.2 Å². The van der Waals surface area contributed by atoms with Crippen molar-refractivity contribution >= 4 is 52.3 Å². The Hall–Kier alpha value is -4.12. The number of benzene rings is 3. The molecule has 1 atom stereocenters. The summed E-state index contributed by atoms with van der Waals surface area (Å²) in [6.07, 6.45) is 0. The fourth-order valence-electron chi connectivity index (χ4n) is 3.88. The summed E-state index contributed by atoms with van der Waals surface area (Å²) in [5, 5.41) is 20.6. The maximum absolute atomic E-state index is 13.2. The minimum Gasteiger partial charge on any atom is -0.507 e. The third kappa shape index (κ3) is 4.26. The van der Waals surface area contributed by atoms with Gasteiger partial charge in [0.1, 0.15) is 11.8 Å². The molecular weight excluding hydrogens is 491 g/mol. The average molecular weight is 507 g/mol. The number of anilines is 1. The molecule has 3 aromatic carbocycles. The lowest BCUT2D eigenvalue weighted by atomic mass is 9.94. The number of ether oxygens (including phenoxy) is 1. The van der Waals surface area contributed by atoms with Crippen molar-refractivity contribution in [3.05, 3.63) is 105 Å². The molecule has 7 nitrogen and oxygen atoms in total. The Morgan fingerprint density at radius 2 is 1.71 bits per heavy atom. The second-order valence-corrected chi connectivity index (χ2v) is 8.35. The lowest BCUT2D eigenvalue weighted by molar-refractivity contribution is -0.132. The van der Waals surface area contributed by atoms with Crippen LogP contribution in [0.1, 0.15) is 33.1 Å². The first-order valence-electron chi connectivity index (χ1n) is 10.2. The summed E-state index contributed by atoms with van der Waals surface area (Å²) >= 11 is 12.4. The standard InChI is InChI=1S/C26H16Cl2N2O5/c1-35-26(34)15-8-6-14(7-9-15)22-21(23(31)18-4-2-3-5-19(18)27)24(32)25(33)30(22)17-11-10-16(13-29)20(28)12-17/h2-12,22,31H,1H3/b23-21+. The number of halogens is 2. The molecule has 0 bridgehead atoms. The van der Waals surface area contributed by atoms with Gasteiger partial charge in [0.15, 0.2) is 0 Å². The van der Waals surface area contributed by atoms with Crippen molar-refractivity contribution in [1.82, 2.24) is 0 Å². The van der Waals surface area contributed by atoms with Crippen LogP contribution in [0.5, 0.6) is 0 Å². The number of aliphatic hydroxyl groups excluding tert-OH is 1. The van der Waals surface area contributed by atoms with Crippen molar-refractivity contribution in [2.45, 2.75) is 6.04 Å².